The van der Waals surface area contributed by atoms with Gasteiger partial charge in [-0.15, -0.1) is 0 Å². The number of phosphoric acid groups is 1. The summed E-state index contributed by atoms with van der Waals surface area (Å²) in [7, 11) is -4.93. The van der Waals surface area contributed by atoms with Gasteiger partial charge in [-0.05, 0) is 168 Å². The molecule has 0 unspecified atom stereocenters. The van der Waals surface area contributed by atoms with Gasteiger partial charge in [-0.2, -0.15) is 0 Å². The molecule has 0 atom stereocenters. The number of phosphoric ester groups is 1. The highest BCUT2D eigenvalue weighted by atomic mass is 31.2. The molecule has 77 heavy (non-hydrogen) atoms. The lowest BCUT2D eigenvalue weighted by Crippen LogP contribution is -2.05. The van der Waals surface area contributed by atoms with Crippen molar-refractivity contribution in [1.82, 2.24) is 0 Å². The van der Waals surface area contributed by atoms with Crippen LogP contribution in [0.3, 0.4) is 0 Å². The molecular weight excluding hydrogens is 960 g/mol. The summed E-state index contributed by atoms with van der Waals surface area (Å²) in [6, 6.07) is 69.8. The van der Waals surface area contributed by atoms with Crippen LogP contribution in [-0.2, 0) is 4.57 Å². The molecule has 13 rings (SSSR count). The molecule has 0 amide bonds. The number of hydrogen-bond donors (Lipinski definition) is 1. The van der Waals surface area contributed by atoms with E-state index >= 15 is 4.57 Å². The van der Waals surface area contributed by atoms with Crippen molar-refractivity contribution in [2.45, 2.75) is 79.1 Å². The van der Waals surface area contributed by atoms with Crippen molar-refractivity contribution in [1.29, 1.82) is 0 Å². The van der Waals surface area contributed by atoms with Crippen LogP contribution in [0.4, 0.5) is 0 Å². The van der Waals surface area contributed by atoms with Crippen molar-refractivity contribution in [3.8, 4) is 67.1 Å². The number of rotatable bonds is 8. The number of fused-ring (bicyclic) bond motifs is 11. The van der Waals surface area contributed by atoms with Gasteiger partial charge in [0.15, 0.2) is 0 Å². The first-order chi connectivity index (χ1) is 37.2. The number of hydrogen-bond acceptors (Lipinski definition) is 3. The van der Waals surface area contributed by atoms with Crippen LogP contribution in [0.2, 0.25) is 0 Å². The molecule has 0 aromatic heterocycles. The molecule has 1 heterocycles. The monoisotopic (exact) mass is 1020 g/mol. The fourth-order valence-electron chi connectivity index (χ4n) is 12.7. The minimum absolute atomic E-state index is 0.0623. The van der Waals surface area contributed by atoms with E-state index in [1.54, 1.807) is 0 Å². The lowest BCUT2D eigenvalue weighted by molar-refractivity contribution is 0.295. The lowest BCUT2D eigenvalue weighted by Gasteiger charge is -2.26. The van der Waals surface area contributed by atoms with Crippen molar-refractivity contribution < 1.29 is 18.5 Å². The standard InChI is InChI=1S/C72H61O4P/c1-41(2)59-37-51(65-53-27-15-9-21-45(53)33-46-22-10-16-28-54(46)65)38-60(42(3)4)67(59)63-35-49-25-13-19-31-57(49)69-70-58-32-20-14-26-50(58)36-64(72(70)76-77(73,74)75-71(63)69)68-61(43(5)6)39-52(40-62(68)44(7)8)66-55-29-17-11-23-47(55)34-48-24-12-18-30-56(48)66/h9-44H,1-8H3,(H,73,74). The van der Waals surface area contributed by atoms with E-state index < -0.39 is 7.82 Å². The second kappa shape index (κ2) is 18.6. The Hall–Kier alpha value is -8.01. The summed E-state index contributed by atoms with van der Waals surface area (Å²) in [5.74, 6) is 0.933. The molecule has 4 nitrogen and oxygen atoms in total. The van der Waals surface area contributed by atoms with Crippen molar-refractivity contribution in [2.75, 3.05) is 0 Å². The minimum atomic E-state index is -4.93. The van der Waals surface area contributed by atoms with Gasteiger partial charge in [-0.3, -0.25) is 4.89 Å². The average Bonchev–Trinajstić information content (AvgIpc) is 3.56. The highest BCUT2D eigenvalue weighted by Crippen LogP contribution is 2.63. The molecule has 0 radical (unpaired) electrons. The highest BCUT2D eigenvalue weighted by Gasteiger charge is 2.39. The molecule has 12 aromatic carbocycles. The van der Waals surface area contributed by atoms with Crippen LogP contribution in [0.1, 0.15) is 101 Å². The van der Waals surface area contributed by atoms with E-state index in [9.17, 15) is 4.89 Å². The molecule has 0 aliphatic carbocycles. The summed E-state index contributed by atoms with van der Waals surface area (Å²) in [6.45, 7) is 18.0. The Morgan fingerprint density at radius 1 is 0.312 bits per heavy atom. The molecule has 5 heteroatoms. The second-order valence-electron chi connectivity index (χ2n) is 22.4. The fourth-order valence-corrected chi connectivity index (χ4v) is 13.6. The Balaban J connectivity index is 1.13. The summed E-state index contributed by atoms with van der Waals surface area (Å²) >= 11 is 0. The van der Waals surface area contributed by atoms with Crippen LogP contribution in [0.15, 0.2) is 194 Å². The van der Waals surface area contributed by atoms with Gasteiger partial charge in [0.05, 0.1) is 0 Å². The summed E-state index contributed by atoms with van der Waals surface area (Å²) in [5, 5.41) is 13.3. The Bertz CT molecular complexity index is 4020. The average molecular weight is 1020 g/mol. The summed E-state index contributed by atoms with van der Waals surface area (Å²) in [4.78, 5) is 12.5. The molecule has 12 aromatic rings. The first-order valence-corrected chi connectivity index (χ1v) is 28.8. The van der Waals surface area contributed by atoms with Crippen molar-refractivity contribution in [3.05, 3.63) is 216 Å². The molecule has 378 valence electrons. The first-order valence-electron chi connectivity index (χ1n) is 27.3. The largest absolute Gasteiger partial charge is 0.584 e. The maximum atomic E-state index is 15.4. The predicted molar refractivity (Wildman–Crippen MR) is 326 cm³/mol. The van der Waals surface area contributed by atoms with E-state index in [0.717, 1.165) is 88.3 Å². The summed E-state index contributed by atoms with van der Waals surface area (Å²) < 4.78 is 28.9. The molecule has 0 fully saturated rings. The van der Waals surface area contributed by atoms with Gasteiger partial charge in [0.2, 0.25) is 0 Å². The normalized spacial score (nSPS) is 13.3. The Kier molecular flexibility index (Phi) is 11.8. The zero-order chi connectivity index (χ0) is 53.0. The van der Waals surface area contributed by atoms with Gasteiger partial charge < -0.3 is 9.05 Å². The van der Waals surface area contributed by atoms with Crippen molar-refractivity contribution in [2.24, 2.45) is 0 Å². The molecular formula is C72H61O4P. The minimum Gasteiger partial charge on any atom is -0.394 e. The zero-order valence-corrected chi connectivity index (χ0v) is 45.8. The topological polar surface area (TPSA) is 55.8 Å². The quantitative estimate of drug-likeness (QED) is 0.122. The maximum absolute atomic E-state index is 15.4. The first kappa shape index (κ1) is 48.6. The number of benzene rings is 12. The zero-order valence-electron chi connectivity index (χ0n) is 44.9. The third-order valence-electron chi connectivity index (χ3n) is 16.2. The van der Waals surface area contributed by atoms with Gasteiger partial charge in [0.25, 0.3) is 0 Å². The SMILES string of the molecule is CC(C)c1cc(-c2c3ccccc3cc3ccccc23)cc(C(C)C)c1-c1cc2ccccc2c2c1OP(=O)(O)Oc1c(-c3c(C(C)C)cc(-c4c5ccccc5cc5ccccc45)cc3C(C)C)cc3ccccc3c1-2. The Morgan fingerprint density at radius 3 is 0.805 bits per heavy atom. The van der Waals surface area contributed by atoms with Crippen LogP contribution >= 0.6 is 7.82 Å². The van der Waals surface area contributed by atoms with E-state index in [2.05, 4.69) is 237 Å². The van der Waals surface area contributed by atoms with Crippen LogP contribution in [0, 0.1) is 0 Å². The van der Waals surface area contributed by atoms with Gasteiger partial charge in [0.1, 0.15) is 11.5 Å². The fraction of sp³-hybridized carbons (Fsp3) is 0.167. The molecule has 1 aliphatic rings. The second-order valence-corrected chi connectivity index (χ2v) is 23.7. The van der Waals surface area contributed by atoms with Crippen LogP contribution < -0.4 is 9.05 Å². The molecule has 0 spiro atoms. The summed E-state index contributed by atoms with van der Waals surface area (Å²) in [5.41, 5.74) is 14.2. The highest BCUT2D eigenvalue weighted by molar-refractivity contribution is 7.48. The third-order valence-corrected chi connectivity index (χ3v) is 17.0. The van der Waals surface area contributed by atoms with Crippen LogP contribution in [0.25, 0.3) is 120 Å². The Morgan fingerprint density at radius 2 is 0.545 bits per heavy atom. The van der Waals surface area contributed by atoms with Crippen molar-refractivity contribution >= 4 is 72.5 Å². The molecule has 0 bridgehead atoms. The van der Waals surface area contributed by atoms with Gasteiger partial charge >= 0.3 is 7.82 Å². The van der Waals surface area contributed by atoms with E-state index in [1.807, 2.05) is 12.1 Å². The third kappa shape index (κ3) is 8.03. The molecule has 1 aliphatic heterocycles. The van der Waals surface area contributed by atoms with Gasteiger partial charge in [-0.1, -0.05) is 225 Å². The lowest BCUT2D eigenvalue weighted by atomic mass is 9.78. The van der Waals surface area contributed by atoms with E-state index in [0.29, 0.717) is 11.5 Å². The smallest absolute Gasteiger partial charge is 0.394 e. The molecule has 0 saturated heterocycles. The van der Waals surface area contributed by atoms with E-state index in [-0.39, 0.29) is 23.7 Å². The van der Waals surface area contributed by atoms with Crippen LogP contribution in [-0.4, -0.2) is 4.89 Å². The molecule has 0 saturated carbocycles. The van der Waals surface area contributed by atoms with E-state index in [4.69, 9.17) is 9.05 Å². The van der Waals surface area contributed by atoms with Gasteiger partial charge in [-0.25, -0.2) is 4.57 Å². The van der Waals surface area contributed by atoms with Crippen LogP contribution in [0.5, 0.6) is 11.5 Å². The molecule has 1 N–H and O–H groups in total. The maximum Gasteiger partial charge on any atom is 0.584 e. The Labute approximate surface area is 451 Å². The summed E-state index contributed by atoms with van der Waals surface area (Å²) in [6.07, 6.45) is 0. The predicted octanol–water partition coefficient (Wildman–Crippen LogP) is 21.3. The van der Waals surface area contributed by atoms with E-state index in [1.165, 1.54) is 54.2 Å². The van der Waals surface area contributed by atoms with Crippen molar-refractivity contribution in [3.63, 3.8) is 0 Å². The van der Waals surface area contributed by atoms with Gasteiger partial charge in [0, 0.05) is 22.3 Å².